The summed E-state index contributed by atoms with van der Waals surface area (Å²) in [5.41, 5.74) is 5.01. The first-order valence-corrected chi connectivity index (χ1v) is 10.1. The third-order valence-electron chi connectivity index (χ3n) is 4.51. The maximum atomic E-state index is 6.13. The summed E-state index contributed by atoms with van der Waals surface area (Å²) in [7, 11) is 0. The van der Waals surface area contributed by atoms with E-state index in [1.807, 2.05) is 78.9 Å². The van der Waals surface area contributed by atoms with Crippen molar-refractivity contribution >= 4 is 17.1 Å². The molecule has 0 amide bonds. The van der Waals surface area contributed by atoms with Gasteiger partial charge in [-0.3, -0.25) is 4.98 Å². The van der Waals surface area contributed by atoms with E-state index in [1.54, 1.807) is 6.20 Å². The number of benzene rings is 3. The Kier molecular flexibility index (Phi) is 5.95. The average Bonchev–Trinajstić information content (AvgIpc) is 2.76. The normalized spacial score (nSPS) is 10.6. The Hall–Kier alpha value is -3.79. The van der Waals surface area contributed by atoms with Gasteiger partial charge in [0.05, 0.1) is 17.1 Å². The minimum absolute atomic E-state index is 0.356. The number of hydrogen-bond acceptors (Lipinski definition) is 4. The van der Waals surface area contributed by atoms with Crippen molar-refractivity contribution in [3.05, 3.63) is 97.2 Å². The molecule has 0 aliphatic heterocycles. The second-order valence-electron chi connectivity index (χ2n) is 7.34. The number of pyridine rings is 1. The van der Waals surface area contributed by atoms with Crippen molar-refractivity contribution in [2.75, 3.05) is 10.6 Å². The van der Waals surface area contributed by atoms with Gasteiger partial charge in [0, 0.05) is 29.6 Å². The van der Waals surface area contributed by atoms with Crippen LogP contribution >= 0.6 is 0 Å². The van der Waals surface area contributed by atoms with Crippen molar-refractivity contribution in [3.8, 4) is 22.8 Å². The summed E-state index contributed by atoms with van der Waals surface area (Å²) in [4.78, 5) is 4.42. The molecule has 0 aliphatic rings. The molecular formula is C26H25N3O. The van der Waals surface area contributed by atoms with E-state index < -0.39 is 0 Å². The van der Waals surface area contributed by atoms with E-state index in [-0.39, 0.29) is 0 Å². The van der Waals surface area contributed by atoms with Crippen molar-refractivity contribution < 1.29 is 4.74 Å². The van der Waals surface area contributed by atoms with Crippen LogP contribution in [0.3, 0.4) is 0 Å². The van der Waals surface area contributed by atoms with E-state index in [1.165, 1.54) is 0 Å². The predicted molar refractivity (Wildman–Crippen MR) is 125 cm³/mol. The summed E-state index contributed by atoms with van der Waals surface area (Å²) in [6.45, 7) is 4.26. The van der Waals surface area contributed by atoms with Crippen LogP contribution in [0.2, 0.25) is 0 Å². The fraction of sp³-hybridized carbons (Fsp3) is 0.115. The molecule has 4 heteroatoms. The van der Waals surface area contributed by atoms with Gasteiger partial charge in [0.1, 0.15) is 11.5 Å². The zero-order valence-corrected chi connectivity index (χ0v) is 17.2. The van der Waals surface area contributed by atoms with E-state index in [4.69, 9.17) is 4.74 Å². The van der Waals surface area contributed by atoms with Crippen LogP contribution in [0, 0.1) is 0 Å². The third kappa shape index (κ3) is 4.97. The number of nitrogens with zero attached hydrogens (tertiary/aromatic N) is 1. The van der Waals surface area contributed by atoms with Crippen LogP contribution in [0.1, 0.15) is 13.8 Å². The lowest BCUT2D eigenvalue weighted by Crippen LogP contribution is -2.11. The Bertz CT molecular complexity index is 1110. The highest BCUT2D eigenvalue weighted by Gasteiger charge is 2.06. The van der Waals surface area contributed by atoms with Crippen molar-refractivity contribution in [2.24, 2.45) is 0 Å². The Labute approximate surface area is 177 Å². The topological polar surface area (TPSA) is 46.2 Å². The quantitative estimate of drug-likeness (QED) is 0.350. The van der Waals surface area contributed by atoms with Crippen LogP contribution < -0.4 is 15.4 Å². The molecule has 1 aromatic heterocycles. The van der Waals surface area contributed by atoms with Gasteiger partial charge in [0.2, 0.25) is 0 Å². The first-order valence-electron chi connectivity index (χ1n) is 10.1. The maximum Gasteiger partial charge on any atom is 0.129 e. The standard InChI is InChI=1S/C26H25N3O/c1-19(2)28-25-14-3-4-15-26(25)29-21-10-8-12-23(18-21)30-22-11-7-9-20(17-22)24-13-5-6-16-27-24/h3-19,28-29H,1-2H3. The highest BCUT2D eigenvalue weighted by molar-refractivity contribution is 5.75. The van der Waals surface area contributed by atoms with Gasteiger partial charge in [0.15, 0.2) is 0 Å². The summed E-state index contributed by atoms with van der Waals surface area (Å²) in [6.07, 6.45) is 1.80. The molecule has 0 atom stereocenters. The van der Waals surface area contributed by atoms with Gasteiger partial charge >= 0.3 is 0 Å². The molecule has 3 aromatic carbocycles. The van der Waals surface area contributed by atoms with Crippen LogP contribution in [0.5, 0.6) is 11.5 Å². The highest BCUT2D eigenvalue weighted by Crippen LogP contribution is 2.30. The van der Waals surface area contributed by atoms with Gasteiger partial charge in [-0.05, 0) is 62.4 Å². The lowest BCUT2D eigenvalue weighted by atomic mass is 10.1. The second kappa shape index (κ2) is 9.14. The maximum absolute atomic E-state index is 6.13. The third-order valence-corrected chi connectivity index (χ3v) is 4.51. The molecule has 0 bridgehead atoms. The molecule has 0 radical (unpaired) electrons. The largest absolute Gasteiger partial charge is 0.457 e. The van der Waals surface area contributed by atoms with Crippen LogP contribution in [0.4, 0.5) is 17.1 Å². The highest BCUT2D eigenvalue weighted by atomic mass is 16.5. The summed E-state index contributed by atoms with van der Waals surface area (Å²) in [5, 5.41) is 6.96. The molecule has 0 fully saturated rings. The summed E-state index contributed by atoms with van der Waals surface area (Å²) in [5.74, 6) is 1.55. The number of para-hydroxylation sites is 2. The lowest BCUT2D eigenvalue weighted by molar-refractivity contribution is 0.483. The van der Waals surface area contributed by atoms with Gasteiger partial charge in [-0.1, -0.05) is 36.4 Å². The Morgan fingerprint density at radius 2 is 1.47 bits per heavy atom. The predicted octanol–water partition coefficient (Wildman–Crippen LogP) is 7.10. The zero-order chi connectivity index (χ0) is 20.8. The number of ether oxygens (including phenoxy) is 1. The Balaban J connectivity index is 1.53. The summed E-state index contributed by atoms with van der Waals surface area (Å²) >= 11 is 0. The van der Waals surface area contributed by atoms with Crippen molar-refractivity contribution in [1.29, 1.82) is 0 Å². The van der Waals surface area contributed by atoms with Crippen LogP contribution in [0.15, 0.2) is 97.2 Å². The average molecular weight is 396 g/mol. The number of aromatic nitrogens is 1. The number of nitrogens with one attached hydrogen (secondary N) is 2. The van der Waals surface area contributed by atoms with Gasteiger partial charge in [-0.2, -0.15) is 0 Å². The number of hydrogen-bond donors (Lipinski definition) is 2. The summed E-state index contributed by atoms with van der Waals surface area (Å²) in [6, 6.07) is 30.4. The van der Waals surface area contributed by atoms with E-state index in [0.29, 0.717) is 6.04 Å². The molecule has 4 nitrogen and oxygen atoms in total. The smallest absolute Gasteiger partial charge is 0.129 e. The summed E-state index contributed by atoms with van der Waals surface area (Å²) < 4.78 is 6.13. The Morgan fingerprint density at radius 1 is 0.733 bits per heavy atom. The monoisotopic (exact) mass is 395 g/mol. The molecule has 0 saturated carbocycles. The first-order chi connectivity index (χ1) is 14.7. The van der Waals surface area contributed by atoms with Crippen molar-refractivity contribution in [3.63, 3.8) is 0 Å². The first kappa shape index (κ1) is 19.5. The molecule has 150 valence electrons. The van der Waals surface area contributed by atoms with E-state index in [9.17, 15) is 0 Å². The number of rotatable bonds is 7. The van der Waals surface area contributed by atoms with E-state index >= 15 is 0 Å². The van der Waals surface area contributed by atoms with Gasteiger partial charge < -0.3 is 15.4 Å². The minimum atomic E-state index is 0.356. The molecule has 30 heavy (non-hydrogen) atoms. The molecule has 4 rings (SSSR count). The lowest BCUT2D eigenvalue weighted by Gasteiger charge is -2.16. The number of anilines is 3. The van der Waals surface area contributed by atoms with Crippen LogP contribution in [-0.2, 0) is 0 Å². The van der Waals surface area contributed by atoms with E-state index in [0.717, 1.165) is 39.8 Å². The molecule has 0 unspecified atom stereocenters. The molecular weight excluding hydrogens is 370 g/mol. The van der Waals surface area contributed by atoms with Gasteiger partial charge in [-0.25, -0.2) is 0 Å². The van der Waals surface area contributed by atoms with Crippen LogP contribution in [0.25, 0.3) is 11.3 Å². The van der Waals surface area contributed by atoms with E-state index in [2.05, 4.69) is 41.6 Å². The molecule has 1 heterocycles. The Morgan fingerprint density at radius 3 is 2.23 bits per heavy atom. The molecule has 4 aromatic rings. The fourth-order valence-electron chi connectivity index (χ4n) is 3.21. The van der Waals surface area contributed by atoms with Crippen LogP contribution in [-0.4, -0.2) is 11.0 Å². The van der Waals surface area contributed by atoms with Gasteiger partial charge in [-0.15, -0.1) is 0 Å². The SMILES string of the molecule is CC(C)Nc1ccccc1Nc1cccc(Oc2cccc(-c3ccccn3)c2)c1. The van der Waals surface area contributed by atoms with Crippen molar-refractivity contribution in [2.45, 2.75) is 19.9 Å². The minimum Gasteiger partial charge on any atom is -0.457 e. The molecule has 2 N–H and O–H groups in total. The molecule has 0 saturated heterocycles. The van der Waals surface area contributed by atoms with Crippen molar-refractivity contribution in [1.82, 2.24) is 4.98 Å². The fourth-order valence-corrected chi connectivity index (χ4v) is 3.21. The molecule has 0 aliphatic carbocycles. The second-order valence-corrected chi connectivity index (χ2v) is 7.34. The van der Waals surface area contributed by atoms with Gasteiger partial charge in [0.25, 0.3) is 0 Å². The molecule has 0 spiro atoms. The zero-order valence-electron chi connectivity index (χ0n) is 17.2.